The first kappa shape index (κ1) is 54.4. The van der Waals surface area contributed by atoms with E-state index in [0.717, 1.165) is 106 Å². The third-order valence-electron chi connectivity index (χ3n) is 14.8. The van der Waals surface area contributed by atoms with Gasteiger partial charge in [0.2, 0.25) is 0 Å². The molecule has 9 nitrogen and oxygen atoms in total. The van der Waals surface area contributed by atoms with Crippen molar-refractivity contribution in [3.63, 3.8) is 0 Å². The Hall–Kier alpha value is -8.34. The Kier molecular flexibility index (Phi) is 18.9. The van der Waals surface area contributed by atoms with Gasteiger partial charge in [0, 0.05) is 25.7 Å². The quantitative estimate of drug-likeness (QED) is 0.0414. The molecule has 2 heterocycles. The van der Waals surface area contributed by atoms with Crippen LogP contribution in [0.25, 0.3) is 33.4 Å². The van der Waals surface area contributed by atoms with Crippen molar-refractivity contribution in [2.45, 2.75) is 51.1 Å². The minimum Gasteiger partial charge on any atom is -0.504 e. The highest BCUT2D eigenvalue weighted by Gasteiger charge is 2.23. The standard InChI is InChI=1S/C25H27NO2.C22H21NO2.C22H23NO2/c1-27-24-16-22-13-15-26(18-23(22)17-25(24)28-2)14-12-19-8-10-21(11-9-19)20-6-4-3-5-7-20;24-21-13-18-10-11-23-20(19(18)14-22(21)25)12-15-6-8-17(9-7-15)16-4-2-1-3-5-16;24-21-11-8-18(16-22(21)25)13-15-23-14-12-17-6-9-20(10-7-17)19-4-2-1-3-5-19/h3-11,16-17H,12-15,18H2,1-2H3;1-9,13-14,20,23-25H,10-12H2;1-11,16,23-25H,12-15H2. The predicted octanol–water partition coefficient (Wildman–Crippen LogP) is 13.3. The van der Waals surface area contributed by atoms with E-state index >= 15 is 0 Å². The molecule has 1 atom stereocenters. The van der Waals surface area contributed by atoms with Crippen LogP contribution in [-0.2, 0) is 45.1 Å². The van der Waals surface area contributed by atoms with E-state index in [1.807, 2.05) is 30.3 Å². The zero-order valence-corrected chi connectivity index (χ0v) is 44.7. The van der Waals surface area contributed by atoms with Gasteiger partial charge in [-0.05, 0) is 172 Å². The van der Waals surface area contributed by atoms with Crippen LogP contribution < -0.4 is 20.1 Å². The molecule has 0 spiro atoms. The van der Waals surface area contributed by atoms with Crippen LogP contribution in [0.5, 0.6) is 34.5 Å². The van der Waals surface area contributed by atoms with Gasteiger partial charge < -0.3 is 40.5 Å². The summed E-state index contributed by atoms with van der Waals surface area (Å²) < 4.78 is 10.9. The minimum atomic E-state index is -0.0735. The molecule has 6 N–H and O–H groups in total. The van der Waals surface area contributed by atoms with Gasteiger partial charge in [0.15, 0.2) is 34.5 Å². The van der Waals surface area contributed by atoms with Crippen molar-refractivity contribution < 1.29 is 29.9 Å². The lowest BCUT2D eigenvalue weighted by Gasteiger charge is -2.29. The van der Waals surface area contributed by atoms with Crippen LogP contribution in [0.1, 0.15) is 50.5 Å². The summed E-state index contributed by atoms with van der Waals surface area (Å²) in [7, 11) is 3.40. The van der Waals surface area contributed by atoms with Gasteiger partial charge in [0.1, 0.15) is 0 Å². The maximum absolute atomic E-state index is 9.84. The molecule has 0 saturated carbocycles. The molecule has 9 heteroatoms. The average molecular weight is 1040 g/mol. The van der Waals surface area contributed by atoms with E-state index in [-0.39, 0.29) is 29.0 Å². The second-order valence-corrected chi connectivity index (χ2v) is 20.0. The number of benzene rings is 9. The molecular formula is C69H71N3O6. The smallest absolute Gasteiger partial charge is 0.161 e. The number of phenols is 4. The van der Waals surface area contributed by atoms with Gasteiger partial charge in [0.25, 0.3) is 0 Å². The molecule has 78 heavy (non-hydrogen) atoms. The molecule has 9 aromatic rings. The van der Waals surface area contributed by atoms with Crippen LogP contribution in [0, 0.1) is 0 Å². The van der Waals surface area contributed by atoms with Crippen molar-refractivity contribution in [2.75, 3.05) is 46.9 Å². The van der Waals surface area contributed by atoms with Gasteiger partial charge in [-0.3, -0.25) is 4.90 Å². The lowest BCUT2D eigenvalue weighted by molar-refractivity contribution is 0.255. The highest BCUT2D eigenvalue weighted by molar-refractivity contribution is 5.65. The number of hydrogen-bond acceptors (Lipinski definition) is 9. The van der Waals surface area contributed by atoms with Crippen molar-refractivity contribution in [2.24, 2.45) is 0 Å². The molecule has 0 bridgehead atoms. The number of nitrogens with zero attached hydrogens (tertiary/aromatic N) is 1. The lowest BCUT2D eigenvalue weighted by atomic mass is 9.89. The maximum Gasteiger partial charge on any atom is 0.161 e. The molecule has 2 aliphatic heterocycles. The van der Waals surface area contributed by atoms with E-state index in [1.165, 1.54) is 67.3 Å². The van der Waals surface area contributed by atoms with Crippen LogP contribution in [0.3, 0.4) is 0 Å². The first-order valence-electron chi connectivity index (χ1n) is 27.1. The van der Waals surface area contributed by atoms with Crippen LogP contribution in [0.4, 0.5) is 0 Å². The van der Waals surface area contributed by atoms with Crippen LogP contribution in [-0.4, -0.2) is 72.3 Å². The van der Waals surface area contributed by atoms with E-state index in [2.05, 4.69) is 167 Å². The molecule has 2 aliphatic rings. The molecule has 0 fully saturated rings. The van der Waals surface area contributed by atoms with E-state index in [1.54, 1.807) is 32.4 Å². The fraction of sp³-hybridized carbons (Fsp3) is 0.217. The Morgan fingerprint density at radius 2 is 0.910 bits per heavy atom. The van der Waals surface area contributed by atoms with E-state index in [0.29, 0.717) is 0 Å². The minimum absolute atomic E-state index is 0.0355. The van der Waals surface area contributed by atoms with Gasteiger partial charge in [-0.1, -0.05) is 170 Å². The number of methoxy groups -OCH3 is 2. The fourth-order valence-corrected chi connectivity index (χ4v) is 10.3. The number of nitrogens with one attached hydrogen (secondary N) is 2. The van der Waals surface area contributed by atoms with Gasteiger partial charge in [-0.25, -0.2) is 0 Å². The van der Waals surface area contributed by atoms with E-state index in [4.69, 9.17) is 9.47 Å². The molecule has 11 rings (SSSR count). The summed E-state index contributed by atoms with van der Waals surface area (Å²) >= 11 is 0. The van der Waals surface area contributed by atoms with Crippen molar-refractivity contribution in [1.82, 2.24) is 15.5 Å². The Morgan fingerprint density at radius 3 is 1.45 bits per heavy atom. The molecule has 0 aromatic heterocycles. The summed E-state index contributed by atoms with van der Waals surface area (Å²) in [6, 6.07) is 70.4. The zero-order chi connectivity index (χ0) is 54.1. The van der Waals surface area contributed by atoms with Crippen LogP contribution in [0.15, 0.2) is 206 Å². The number of ether oxygens (including phenoxy) is 2. The zero-order valence-electron chi connectivity index (χ0n) is 44.7. The first-order valence-corrected chi connectivity index (χ1v) is 27.1. The lowest BCUT2D eigenvalue weighted by Crippen LogP contribution is -2.32. The van der Waals surface area contributed by atoms with E-state index < -0.39 is 0 Å². The number of aromatic hydroxyl groups is 4. The van der Waals surface area contributed by atoms with Gasteiger partial charge in [-0.15, -0.1) is 0 Å². The second-order valence-electron chi connectivity index (χ2n) is 20.0. The summed E-state index contributed by atoms with van der Waals surface area (Å²) in [6.07, 6.45) is 5.65. The molecule has 0 saturated heterocycles. The number of hydrogen-bond donors (Lipinski definition) is 6. The highest BCUT2D eigenvalue weighted by Crippen LogP contribution is 2.36. The summed E-state index contributed by atoms with van der Waals surface area (Å²) in [6.45, 7) is 5.76. The van der Waals surface area contributed by atoms with Crippen molar-refractivity contribution >= 4 is 0 Å². The third kappa shape index (κ3) is 14.8. The molecular weight excluding hydrogens is 967 g/mol. The summed E-state index contributed by atoms with van der Waals surface area (Å²) in [5.74, 6) is 1.43. The fourth-order valence-electron chi connectivity index (χ4n) is 10.3. The number of fused-ring (bicyclic) bond motifs is 2. The van der Waals surface area contributed by atoms with Crippen LogP contribution in [0.2, 0.25) is 0 Å². The maximum atomic E-state index is 9.84. The Morgan fingerprint density at radius 1 is 0.449 bits per heavy atom. The first-order chi connectivity index (χ1) is 38.2. The Bertz CT molecular complexity index is 3300. The molecule has 398 valence electrons. The summed E-state index contributed by atoms with van der Waals surface area (Å²) in [5.41, 5.74) is 17.3. The monoisotopic (exact) mass is 1040 g/mol. The normalized spacial score (nSPS) is 13.6. The van der Waals surface area contributed by atoms with Gasteiger partial charge in [0.05, 0.1) is 14.2 Å². The van der Waals surface area contributed by atoms with E-state index in [9.17, 15) is 20.4 Å². The molecule has 0 amide bonds. The van der Waals surface area contributed by atoms with Crippen molar-refractivity contribution in [3.8, 4) is 67.9 Å². The predicted molar refractivity (Wildman–Crippen MR) is 316 cm³/mol. The van der Waals surface area contributed by atoms with Crippen LogP contribution >= 0.6 is 0 Å². The van der Waals surface area contributed by atoms with Gasteiger partial charge in [-0.2, -0.15) is 0 Å². The van der Waals surface area contributed by atoms with Gasteiger partial charge >= 0.3 is 0 Å². The molecule has 9 aromatic carbocycles. The Labute approximate surface area is 460 Å². The topological polar surface area (TPSA) is 127 Å². The number of phenolic OH excluding ortho intramolecular Hbond substituents is 4. The number of rotatable bonds is 16. The Balaban J connectivity index is 0.000000143. The SMILES string of the molecule is COc1cc2c(cc1OC)CN(CCc1ccc(-c3ccccc3)cc1)CC2.Oc1cc2c(cc1O)C(Cc1ccc(-c3ccccc3)cc1)NCC2.Oc1ccc(CCNCCc2ccc(-c3ccccc3)cc2)cc1O. The molecule has 0 aliphatic carbocycles. The second kappa shape index (κ2) is 27.1. The van der Waals surface area contributed by atoms with Crippen molar-refractivity contribution in [3.05, 3.63) is 251 Å². The average Bonchev–Trinajstić information content (AvgIpc) is 3.53. The largest absolute Gasteiger partial charge is 0.504 e. The third-order valence-corrected chi connectivity index (χ3v) is 14.8. The van der Waals surface area contributed by atoms with Crippen molar-refractivity contribution in [1.29, 1.82) is 0 Å². The summed E-state index contributed by atoms with van der Waals surface area (Å²) in [4.78, 5) is 2.53. The molecule has 1 unspecified atom stereocenters. The highest BCUT2D eigenvalue weighted by atomic mass is 16.5. The molecule has 0 radical (unpaired) electrons. The summed E-state index contributed by atoms with van der Waals surface area (Å²) in [5, 5.41) is 45.3.